The van der Waals surface area contributed by atoms with Gasteiger partial charge in [-0.15, -0.1) is 0 Å². The summed E-state index contributed by atoms with van der Waals surface area (Å²) in [4.78, 5) is 11.9. The fourth-order valence-electron chi connectivity index (χ4n) is 2.36. The highest BCUT2D eigenvalue weighted by molar-refractivity contribution is 5.74. The Hall–Kier alpha value is -2.30. The summed E-state index contributed by atoms with van der Waals surface area (Å²) in [6, 6.07) is 10.1. The van der Waals surface area contributed by atoms with Crippen molar-refractivity contribution in [3.8, 4) is 0 Å². The minimum Gasteiger partial charge on any atom is -0.335 e. The van der Waals surface area contributed by atoms with Crippen LogP contribution in [0, 0.1) is 0 Å². The van der Waals surface area contributed by atoms with Crippen LogP contribution in [-0.2, 0) is 13.1 Å². The van der Waals surface area contributed by atoms with Gasteiger partial charge in [-0.05, 0) is 30.0 Å². The highest BCUT2D eigenvalue weighted by Gasteiger charge is 2.09. The van der Waals surface area contributed by atoms with Crippen molar-refractivity contribution < 1.29 is 4.79 Å². The molecule has 0 aliphatic heterocycles. The first kappa shape index (κ1) is 16.1. The fourth-order valence-corrected chi connectivity index (χ4v) is 2.36. The Bertz CT molecular complexity index is 576. The van der Waals surface area contributed by atoms with Crippen LogP contribution in [0.25, 0.3) is 0 Å². The van der Waals surface area contributed by atoms with Gasteiger partial charge in [-0.3, -0.25) is 4.68 Å². The quantitative estimate of drug-likeness (QED) is 0.826. The van der Waals surface area contributed by atoms with Crippen molar-refractivity contribution in [3.05, 3.63) is 53.9 Å². The maximum absolute atomic E-state index is 11.9. The van der Waals surface area contributed by atoms with Gasteiger partial charge in [0.1, 0.15) is 0 Å². The number of carbonyl (C=O) groups excluding carboxylic acids is 1. The van der Waals surface area contributed by atoms with E-state index >= 15 is 0 Å². The van der Waals surface area contributed by atoms with Gasteiger partial charge >= 0.3 is 6.03 Å². The van der Waals surface area contributed by atoms with Crippen molar-refractivity contribution in [2.45, 2.75) is 45.8 Å². The smallest absolute Gasteiger partial charge is 0.315 e. The molecule has 0 spiro atoms. The topological polar surface area (TPSA) is 59.0 Å². The lowest BCUT2D eigenvalue weighted by atomic mass is 10.1. The van der Waals surface area contributed by atoms with Gasteiger partial charge in [0.25, 0.3) is 0 Å². The average molecular weight is 300 g/mol. The molecule has 5 heteroatoms. The summed E-state index contributed by atoms with van der Waals surface area (Å²) in [5.41, 5.74) is 2.27. The van der Waals surface area contributed by atoms with Crippen LogP contribution in [0.2, 0.25) is 0 Å². The second kappa shape index (κ2) is 8.22. The third-order valence-electron chi connectivity index (χ3n) is 3.77. The lowest BCUT2D eigenvalue weighted by Gasteiger charge is -2.16. The van der Waals surface area contributed by atoms with Crippen molar-refractivity contribution in [2.24, 2.45) is 0 Å². The number of nitrogens with one attached hydrogen (secondary N) is 2. The van der Waals surface area contributed by atoms with Gasteiger partial charge in [-0.25, -0.2) is 4.79 Å². The number of nitrogens with zero attached hydrogens (tertiary/aromatic N) is 2. The zero-order chi connectivity index (χ0) is 15.8. The summed E-state index contributed by atoms with van der Waals surface area (Å²) < 4.78 is 1.88. The van der Waals surface area contributed by atoms with E-state index < -0.39 is 0 Å². The Kier molecular flexibility index (Phi) is 6.01. The molecule has 0 aliphatic carbocycles. The van der Waals surface area contributed by atoms with Gasteiger partial charge in [-0.1, -0.05) is 38.1 Å². The standard InChI is InChI=1S/C17H24N4O/c1-3-16(4-2)20-17(22)18-12-14-8-5-6-9-15(14)13-21-11-7-10-19-21/h5-11,16H,3-4,12-13H2,1-2H3,(H2,18,20,22). The summed E-state index contributed by atoms with van der Waals surface area (Å²) in [5, 5.41) is 10.1. The predicted molar refractivity (Wildman–Crippen MR) is 87.5 cm³/mol. The Morgan fingerprint density at radius 2 is 1.91 bits per heavy atom. The fraction of sp³-hybridized carbons (Fsp3) is 0.412. The van der Waals surface area contributed by atoms with E-state index in [1.54, 1.807) is 6.20 Å². The summed E-state index contributed by atoms with van der Waals surface area (Å²) in [5.74, 6) is 0. The summed E-state index contributed by atoms with van der Waals surface area (Å²) in [6.07, 6.45) is 5.59. The molecule has 0 saturated carbocycles. The second-order valence-electron chi connectivity index (χ2n) is 5.31. The molecule has 1 heterocycles. The third kappa shape index (κ3) is 4.62. The minimum atomic E-state index is -0.109. The van der Waals surface area contributed by atoms with E-state index in [2.05, 4.69) is 35.6 Å². The molecule has 1 aromatic heterocycles. The van der Waals surface area contributed by atoms with Crippen molar-refractivity contribution >= 4 is 6.03 Å². The van der Waals surface area contributed by atoms with Crippen molar-refractivity contribution in [3.63, 3.8) is 0 Å². The minimum absolute atomic E-state index is 0.109. The van der Waals surface area contributed by atoms with Gasteiger partial charge in [0.15, 0.2) is 0 Å². The molecule has 0 unspecified atom stereocenters. The van der Waals surface area contributed by atoms with E-state index in [0.29, 0.717) is 13.1 Å². The van der Waals surface area contributed by atoms with Crippen LogP contribution in [-0.4, -0.2) is 21.9 Å². The van der Waals surface area contributed by atoms with Crippen molar-refractivity contribution in [1.82, 2.24) is 20.4 Å². The van der Waals surface area contributed by atoms with Crippen LogP contribution in [0.5, 0.6) is 0 Å². The van der Waals surface area contributed by atoms with Gasteiger partial charge in [0.05, 0.1) is 6.54 Å². The predicted octanol–water partition coefficient (Wildman–Crippen LogP) is 2.92. The molecule has 2 aromatic rings. The zero-order valence-electron chi connectivity index (χ0n) is 13.2. The number of carbonyl (C=O) groups is 1. The number of hydrogen-bond donors (Lipinski definition) is 2. The largest absolute Gasteiger partial charge is 0.335 e. The van der Waals surface area contributed by atoms with E-state index in [1.165, 1.54) is 0 Å². The lowest BCUT2D eigenvalue weighted by molar-refractivity contribution is 0.235. The first-order valence-electron chi connectivity index (χ1n) is 7.81. The molecule has 2 N–H and O–H groups in total. The molecular weight excluding hydrogens is 276 g/mol. The first-order chi connectivity index (χ1) is 10.7. The van der Waals surface area contributed by atoms with E-state index in [0.717, 1.165) is 24.0 Å². The number of benzene rings is 1. The average Bonchev–Trinajstić information content (AvgIpc) is 3.04. The first-order valence-corrected chi connectivity index (χ1v) is 7.81. The molecule has 22 heavy (non-hydrogen) atoms. The van der Waals surface area contributed by atoms with Gasteiger partial charge in [0.2, 0.25) is 0 Å². The van der Waals surface area contributed by atoms with Crippen LogP contribution in [0.4, 0.5) is 4.79 Å². The Morgan fingerprint density at radius 1 is 1.18 bits per heavy atom. The summed E-state index contributed by atoms with van der Waals surface area (Å²) >= 11 is 0. The highest BCUT2D eigenvalue weighted by atomic mass is 16.2. The van der Waals surface area contributed by atoms with Crippen molar-refractivity contribution in [1.29, 1.82) is 0 Å². The van der Waals surface area contributed by atoms with Crippen LogP contribution in [0.3, 0.4) is 0 Å². The van der Waals surface area contributed by atoms with E-state index in [4.69, 9.17) is 0 Å². The van der Waals surface area contributed by atoms with Crippen LogP contribution in [0.15, 0.2) is 42.7 Å². The lowest BCUT2D eigenvalue weighted by Crippen LogP contribution is -2.41. The normalized spacial score (nSPS) is 10.7. The number of rotatable bonds is 7. The van der Waals surface area contributed by atoms with Crippen LogP contribution >= 0.6 is 0 Å². The SMILES string of the molecule is CCC(CC)NC(=O)NCc1ccccc1Cn1cccn1. The van der Waals surface area contributed by atoms with E-state index in [9.17, 15) is 4.79 Å². The molecular formula is C17H24N4O. The highest BCUT2D eigenvalue weighted by Crippen LogP contribution is 2.10. The Balaban J connectivity index is 1.94. The van der Waals surface area contributed by atoms with Gasteiger partial charge in [-0.2, -0.15) is 5.10 Å². The second-order valence-corrected chi connectivity index (χ2v) is 5.31. The molecule has 0 aliphatic rings. The summed E-state index contributed by atoms with van der Waals surface area (Å²) in [7, 11) is 0. The van der Waals surface area contributed by atoms with E-state index in [1.807, 2.05) is 35.1 Å². The molecule has 118 valence electrons. The van der Waals surface area contributed by atoms with Crippen LogP contribution < -0.4 is 10.6 Å². The molecule has 5 nitrogen and oxygen atoms in total. The Morgan fingerprint density at radius 3 is 2.55 bits per heavy atom. The number of hydrogen-bond acceptors (Lipinski definition) is 2. The zero-order valence-corrected chi connectivity index (χ0v) is 13.2. The Labute approximate surface area is 131 Å². The molecule has 2 amide bonds. The van der Waals surface area contributed by atoms with Gasteiger partial charge < -0.3 is 10.6 Å². The summed E-state index contributed by atoms with van der Waals surface area (Å²) in [6.45, 7) is 5.38. The molecule has 1 aromatic carbocycles. The molecule has 0 atom stereocenters. The maximum atomic E-state index is 11.9. The monoisotopic (exact) mass is 300 g/mol. The number of amides is 2. The molecule has 0 radical (unpaired) electrons. The third-order valence-corrected chi connectivity index (χ3v) is 3.77. The molecule has 0 fully saturated rings. The molecule has 2 rings (SSSR count). The van der Waals surface area contributed by atoms with Gasteiger partial charge in [0, 0.05) is 25.0 Å². The molecule has 0 bridgehead atoms. The van der Waals surface area contributed by atoms with Crippen LogP contribution in [0.1, 0.15) is 37.8 Å². The number of urea groups is 1. The maximum Gasteiger partial charge on any atom is 0.315 e. The van der Waals surface area contributed by atoms with Crippen molar-refractivity contribution in [2.75, 3.05) is 0 Å². The number of aromatic nitrogens is 2. The van der Waals surface area contributed by atoms with E-state index in [-0.39, 0.29) is 12.1 Å². The molecule has 0 saturated heterocycles.